The smallest absolute Gasteiger partial charge is 0.410 e. The van der Waals surface area contributed by atoms with Crippen LogP contribution in [0.2, 0.25) is 0 Å². The van der Waals surface area contributed by atoms with Gasteiger partial charge in [-0.3, -0.25) is 0 Å². The van der Waals surface area contributed by atoms with Crippen molar-refractivity contribution in [2.24, 2.45) is 5.41 Å². The number of carbonyl (C=O) groups is 3. The third kappa shape index (κ3) is 8.57. The van der Waals surface area contributed by atoms with E-state index >= 15 is 0 Å². The summed E-state index contributed by atoms with van der Waals surface area (Å²) in [7, 11) is 0. The van der Waals surface area contributed by atoms with E-state index in [1.54, 1.807) is 37.8 Å². The summed E-state index contributed by atoms with van der Waals surface area (Å²) in [4.78, 5) is 38.6. The summed E-state index contributed by atoms with van der Waals surface area (Å²) in [6.07, 6.45) is -0.568. The zero-order chi connectivity index (χ0) is 24.6. The highest BCUT2D eigenvalue weighted by Crippen LogP contribution is 2.31. The van der Waals surface area contributed by atoms with Crippen molar-refractivity contribution < 1.29 is 29.0 Å². The Labute approximate surface area is 195 Å². The van der Waals surface area contributed by atoms with Crippen LogP contribution in [0.3, 0.4) is 0 Å². The minimum Gasteiger partial charge on any atom is -0.480 e. The molecule has 2 rings (SSSR count). The quantitative estimate of drug-likeness (QED) is 0.541. The fourth-order valence-corrected chi connectivity index (χ4v) is 3.86. The maximum Gasteiger partial charge on any atom is 0.410 e. The Hall–Kier alpha value is -2.81. The second-order valence-corrected chi connectivity index (χ2v) is 10.0. The van der Waals surface area contributed by atoms with Gasteiger partial charge in [0.15, 0.2) is 0 Å². The Morgan fingerprint density at radius 2 is 1.91 bits per heavy atom. The molecule has 2 amide bonds. The molecule has 2 atom stereocenters. The summed E-state index contributed by atoms with van der Waals surface area (Å²) in [5.41, 5.74) is -0.114. The molecule has 1 heterocycles. The second kappa shape index (κ2) is 11.4. The van der Waals surface area contributed by atoms with Crippen LogP contribution in [0.15, 0.2) is 30.3 Å². The first kappa shape index (κ1) is 26.4. The number of nitrogens with one attached hydrogen (secondary N) is 2. The number of aliphatic carboxylic acids is 1. The van der Waals surface area contributed by atoms with Gasteiger partial charge in [0.05, 0.1) is 0 Å². The first-order chi connectivity index (χ1) is 15.4. The average Bonchev–Trinajstić information content (AvgIpc) is 2.71. The highest BCUT2D eigenvalue weighted by atomic mass is 16.6. The van der Waals surface area contributed by atoms with Gasteiger partial charge in [0.25, 0.3) is 0 Å². The summed E-state index contributed by atoms with van der Waals surface area (Å²) in [5.74, 6) is -1.19. The first-order valence-electron chi connectivity index (χ1n) is 11.3. The summed E-state index contributed by atoms with van der Waals surface area (Å²) in [5, 5.41) is 15.4. The van der Waals surface area contributed by atoms with Gasteiger partial charge in [0.1, 0.15) is 18.2 Å². The molecular weight excluding hydrogens is 426 g/mol. The normalized spacial score (nSPS) is 18.6. The third-order valence-corrected chi connectivity index (χ3v) is 5.54. The maximum atomic E-state index is 13.0. The van der Waals surface area contributed by atoms with Crippen molar-refractivity contribution in [1.82, 2.24) is 15.5 Å². The van der Waals surface area contributed by atoms with Crippen molar-refractivity contribution in [2.45, 2.75) is 71.8 Å². The van der Waals surface area contributed by atoms with Gasteiger partial charge in [0.2, 0.25) is 0 Å². The zero-order valence-corrected chi connectivity index (χ0v) is 20.2. The lowest BCUT2D eigenvalue weighted by Gasteiger charge is -2.45. The maximum absolute atomic E-state index is 13.0. The van der Waals surface area contributed by atoms with Gasteiger partial charge in [0, 0.05) is 19.1 Å². The van der Waals surface area contributed by atoms with Crippen molar-refractivity contribution in [3.8, 4) is 0 Å². The number of hydrogen-bond donors (Lipinski definition) is 3. The minimum absolute atomic E-state index is 0.0228. The van der Waals surface area contributed by atoms with Gasteiger partial charge < -0.3 is 30.1 Å². The fourth-order valence-electron chi connectivity index (χ4n) is 3.86. The van der Waals surface area contributed by atoms with E-state index in [-0.39, 0.29) is 31.0 Å². The van der Waals surface area contributed by atoms with E-state index in [4.69, 9.17) is 9.47 Å². The number of piperidine rings is 1. The van der Waals surface area contributed by atoms with Crippen molar-refractivity contribution in [1.29, 1.82) is 0 Å². The number of benzene rings is 1. The molecule has 184 valence electrons. The van der Waals surface area contributed by atoms with Crippen LogP contribution in [0.4, 0.5) is 9.59 Å². The summed E-state index contributed by atoms with van der Waals surface area (Å²) in [6, 6.07) is 7.78. The van der Waals surface area contributed by atoms with E-state index in [0.717, 1.165) is 25.1 Å². The number of amides is 2. The molecule has 0 spiro atoms. The number of nitrogens with zero attached hydrogens (tertiary/aromatic N) is 1. The minimum atomic E-state index is -1.21. The molecule has 3 N–H and O–H groups in total. The Bertz CT molecular complexity index is 806. The molecule has 0 bridgehead atoms. The summed E-state index contributed by atoms with van der Waals surface area (Å²) < 4.78 is 10.8. The summed E-state index contributed by atoms with van der Waals surface area (Å²) >= 11 is 0. The molecule has 1 aliphatic heterocycles. The fraction of sp³-hybridized carbons (Fsp3) is 0.625. The van der Waals surface area contributed by atoms with Gasteiger partial charge in [-0.1, -0.05) is 44.2 Å². The SMILES string of the molecule is CC(C)(C)OC(=O)N(CC[C@H](NC(=O)OCc1ccccc1)C(=O)O)C1CCNCC1(C)C. The Balaban J connectivity index is 2.05. The molecule has 33 heavy (non-hydrogen) atoms. The lowest BCUT2D eigenvalue weighted by atomic mass is 9.79. The first-order valence-corrected chi connectivity index (χ1v) is 11.3. The van der Waals surface area contributed by atoms with Crippen LogP contribution in [-0.4, -0.2) is 65.5 Å². The van der Waals surface area contributed by atoms with E-state index < -0.39 is 29.8 Å². The number of ether oxygens (including phenoxy) is 2. The molecule has 0 saturated carbocycles. The molecule has 1 saturated heterocycles. The molecule has 9 heteroatoms. The lowest BCUT2D eigenvalue weighted by molar-refractivity contribution is -0.139. The lowest BCUT2D eigenvalue weighted by Crippen LogP contribution is -2.57. The predicted octanol–water partition coefficient (Wildman–Crippen LogP) is 3.38. The number of hydrogen-bond acceptors (Lipinski definition) is 6. The number of rotatable bonds is 8. The van der Waals surface area contributed by atoms with Crippen LogP contribution in [0.25, 0.3) is 0 Å². The van der Waals surface area contributed by atoms with E-state index in [0.29, 0.717) is 0 Å². The average molecular weight is 464 g/mol. The van der Waals surface area contributed by atoms with Crippen LogP contribution < -0.4 is 10.6 Å². The van der Waals surface area contributed by atoms with E-state index in [9.17, 15) is 19.5 Å². The largest absolute Gasteiger partial charge is 0.480 e. The van der Waals surface area contributed by atoms with Crippen LogP contribution in [0, 0.1) is 5.41 Å². The summed E-state index contributed by atoms with van der Waals surface area (Å²) in [6.45, 7) is 11.1. The van der Waals surface area contributed by atoms with Crippen molar-refractivity contribution in [2.75, 3.05) is 19.6 Å². The van der Waals surface area contributed by atoms with E-state index in [1.807, 2.05) is 18.2 Å². The van der Waals surface area contributed by atoms with Crippen molar-refractivity contribution in [3.63, 3.8) is 0 Å². The molecular formula is C24H37N3O6. The van der Waals surface area contributed by atoms with Gasteiger partial charge in [-0.05, 0) is 51.1 Å². The monoisotopic (exact) mass is 463 g/mol. The topological polar surface area (TPSA) is 117 Å². The molecule has 0 aliphatic carbocycles. The number of carboxylic acids is 1. The molecule has 9 nitrogen and oxygen atoms in total. The predicted molar refractivity (Wildman–Crippen MR) is 124 cm³/mol. The Morgan fingerprint density at radius 3 is 2.48 bits per heavy atom. The van der Waals surface area contributed by atoms with Crippen molar-refractivity contribution in [3.05, 3.63) is 35.9 Å². The van der Waals surface area contributed by atoms with Crippen LogP contribution in [0.5, 0.6) is 0 Å². The molecule has 1 unspecified atom stereocenters. The highest BCUT2D eigenvalue weighted by molar-refractivity contribution is 5.80. The van der Waals surface area contributed by atoms with Crippen LogP contribution >= 0.6 is 0 Å². The molecule has 1 aromatic rings. The number of carboxylic acid groups (broad SMARTS) is 1. The molecule has 0 radical (unpaired) electrons. The highest BCUT2D eigenvalue weighted by Gasteiger charge is 2.40. The molecule has 1 fully saturated rings. The van der Waals surface area contributed by atoms with Crippen molar-refractivity contribution >= 4 is 18.2 Å². The van der Waals surface area contributed by atoms with Crippen LogP contribution in [-0.2, 0) is 20.9 Å². The standard InChI is InChI=1S/C24H37N3O6/c1-23(2,3)33-22(31)27(19-11-13-25-16-24(19,4)5)14-12-18(20(28)29)26-21(30)32-15-17-9-7-6-8-10-17/h6-10,18-19,25H,11-16H2,1-5H3,(H,26,30)(H,28,29)/t18-,19?/m0/s1. The van der Waals surface area contributed by atoms with Gasteiger partial charge in [-0.15, -0.1) is 0 Å². The Morgan fingerprint density at radius 1 is 1.24 bits per heavy atom. The van der Waals surface area contributed by atoms with E-state index in [1.165, 1.54) is 0 Å². The van der Waals surface area contributed by atoms with Gasteiger partial charge >= 0.3 is 18.2 Å². The zero-order valence-electron chi connectivity index (χ0n) is 20.2. The second-order valence-electron chi connectivity index (χ2n) is 10.0. The van der Waals surface area contributed by atoms with Crippen LogP contribution in [0.1, 0.15) is 53.0 Å². The Kier molecular flexibility index (Phi) is 9.10. The molecule has 0 aromatic heterocycles. The number of carbonyl (C=O) groups excluding carboxylic acids is 2. The van der Waals surface area contributed by atoms with Gasteiger partial charge in [-0.25, -0.2) is 14.4 Å². The van der Waals surface area contributed by atoms with E-state index in [2.05, 4.69) is 24.5 Å². The molecule has 1 aliphatic rings. The number of alkyl carbamates (subject to hydrolysis) is 1. The third-order valence-electron chi connectivity index (χ3n) is 5.54. The van der Waals surface area contributed by atoms with Gasteiger partial charge in [-0.2, -0.15) is 0 Å². The molecule has 1 aromatic carbocycles.